The fourth-order valence-electron chi connectivity index (χ4n) is 2.82. The highest BCUT2D eigenvalue weighted by Crippen LogP contribution is 2.30. The summed E-state index contributed by atoms with van der Waals surface area (Å²) in [6.07, 6.45) is 0. The maximum Gasteiger partial charge on any atom is 0.158 e. The van der Waals surface area contributed by atoms with E-state index in [0.717, 1.165) is 35.4 Å². The van der Waals surface area contributed by atoms with Crippen molar-refractivity contribution in [3.05, 3.63) is 58.1 Å². The normalized spacial score (nSPS) is 11.1. The fraction of sp³-hybridized carbons (Fsp3) is 0.278. The number of para-hydroxylation sites is 1. The summed E-state index contributed by atoms with van der Waals surface area (Å²) in [6, 6.07) is 13.8. The molecule has 3 nitrogen and oxygen atoms in total. The van der Waals surface area contributed by atoms with Gasteiger partial charge in [-0.05, 0) is 38.1 Å². The first-order valence-electron chi connectivity index (χ1n) is 7.79. The maximum atomic E-state index is 6.32. The van der Waals surface area contributed by atoms with Crippen LogP contribution in [0.2, 0.25) is 10.0 Å². The van der Waals surface area contributed by atoms with Crippen LogP contribution in [0.5, 0.6) is 0 Å². The van der Waals surface area contributed by atoms with Gasteiger partial charge in [-0.1, -0.05) is 41.4 Å². The van der Waals surface area contributed by atoms with Crippen LogP contribution < -0.4 is 4.90 Å². The Labute approximate surface area is 146 Å². The van der Waals surface area contributed by atoms with Crippen molar-refractivity contribution in [2.75, 3.05) is 18.0 Å². The number of fused-ring (bicyclic) bond motifs is 1. The molecule has 23 heavy (non-hydrogen) atoms. The lowest BCUT2D eigenvalue weighted by atomic mass is 10.2. The van der Waals surface area contributed by atoms with Crippen LogP contribution >= 0.6 is 23.2 Å². The number of rotatable bonds is 5. The third kappa shape index (κ3) is 3.04. The Morgan fingerprint density at radius 1 is 0.957 bits per heavy atom. The van der Waals surface area contributed by atoms with Crippen LogP contribution in [0, 0.1) is 0 Å². The molecular formula is C18H19Cl2N3. The quantitative estimate of drug-likeness (QED) is 0.629. The number of nitrogens with zero attached hydrogens (tertiary/aromatic N) is 3. The number of benzene rings is 2. The molecule has 0 atom stereocenters. The molecule has 0 N–H and O–H groups in total. The number of hydrogen-bond acceptors (Lipinski definition) is 2. The highest BCUT2D eigenvalue weighted by atomic mass is 35.5. The summed E-state index contributed by atoms with van der Waals surface area (Å²) in [5.41, 5.74) is 1.99. The summed E-state index contributed by atoms with van der Waals surface area (Å²) < 4.78 is 1.98. The second-order valence-corrected chi connectivity index (χ2v) is 6.19. The summed E-state index contributed by atoms with van der Waals surface area (Å²) in [7, 11) is 0. The van der Waals surface area contributed by atoms with E-state index in [4.69, 9.17) is 28.3 Å². The standard InChI is InChI=1S/C18H19Cl2N3/c1-3-22(4-2)18-13-8-5-6-11-17(13)23(21-18)12-14-15(19)9-7-10-16(14)20/h5-11H,3-4,12H2,1-2H3. The van der Waals surface area contributed by atoms with Crippen molar-refractivity contribution in [2.24, 2.45) is 0 Å². The molecule has 0 amide bonds. The van der Waals surface area contributed by atoms with Crippen LogP contribution in [0.1, 0.15) is 19.4 Å². The van der Waals surface area contributed by atoms with Gasteiger partial charge in [-0.3, -0.25) is 4.68 Å². The molecule has 0 saturated heterocycles. The van der Waals surface area contributed by atoms with Crippen molar-refractivity contribution >= 4 is 39.9 Å². The summed E-state index contributed by atoms with van der Waals surface area (Å²) in [5, 5.41) is 7.32. The Hall–Kier alpha value is -1.71. The van der Waals surface area contributed by atoms with Crippen molar-refractivity contribution in [1.82, 2.24) is 9.78 Å². The third-order valence-electron chi connectivity index (χ3n) is 4.07. The van der Waals surface area contributed by atoms with Gasteiger partial charge < -0.3 is 4.90 Å². The Bertz CT molecular complexity index is 802. The SMILES string of the molecule is CCN(CC)c1nn(Cc2c(Cl)cccc2Cl)c2ccccc12. The lowest BCUT2D eigenvalue weighted by Crippen LogP contribution is -2.22. The van der Waals surface area contributed by atoms with E-state index in [1.807, 2.05) is 35.0 Å². The molecule has 1 heterocycles. The van der Waals surface area contributed by atoms with Gasteiger partial charge in [-0.15, -0.1) is 0 Å². The molecule has 3 rings (SSSR count). The van der Waals surface area contributed by atoms with Gasteiger partial charge in [0.1, 0.15) is 0 Å². The van der Waals surface area contributed by atoms with Gasteiger partial charge in [0.25, 0.3) is 0 Å². The molecule has 0 saturated carbocycles. The van der Waals surface area contributed by atoms with E-state index in [1.165, 1.54) is 0 Å². The molecule has 120 valence electrons. The molecule has 1 aromatic heterocycles. The first-order chi connectivity index (χ1) is 11.2. The molecule has 2 aromatic carbocycles. The zero-order chi connectivity index (χ0) is 16.4. The highest BCUT2D eigenvalue weighted by Gasteiger charge is 2.16. The van der Waals surface area contributed by atoms with Gasteiger partial charge in [0.15, 0.2) is 5.82 Å². The molecule has 0 fully saturated rings. The predicted molar refractivity (Wildman–Crippen MR) is 98.9 cm³/mol. The van der Waals surface area contributed by atoms with Crippen LogP contribution in [-0.4, -0.2) is 22.9 Å². The number of anilines is 1. The lowest BCUT2D eigenvalue weighted by molar-refractivity contribution is 0.699. The summed E-state index contributed by atoms with van der Waals surface area (Å²) >= 11 is 12.6. The summed E-state index contributed by atoms with van der Waals surface area (Å²) in [6.45, 7) is 6.68. The van der Waals surface area contributed by atoms with E-state index in [2.05, 4.69) is 30.9 Å². The lowest BCUT2D eigenvalue weighted by Gasteiger charge is -2.18. The average Bonchev–Trinajstić information content (AvgIpc) is 2.91. The Morgan fingerprint density at radius 2 is 1.61 bits per heavy atom. The van der Waals surface area contributed by atoms with Gasteiger partial charge in [-0.25, -0.2) is 0 Å². The van der Waals surface area contributed by atoms with Crippen LogP contribution in [-0.2, 0) is 6.54 Å². The molecule has 0 bridgehead atoms. The van der Waals surface area contributed by atoms with Crippen molar-refractivity contribution in [2.45, 2.75) is 20.4 Å². The van der Waals surface area contributed by atoms with Crippen molar-refractivity contribution in [3.8, 4) is 0 Å². The molecule has 0 unspecified atom stereocenters. The minimum atomic E-state index is 0.556. The van der Waals surface area contributed by atoms with Crippen LogP contribution in [0.25, 0.3) is 10.9 Å². The second kappa shape index (κ2) is 6.81. The first-order valence-corrected chi connectivity index (χ1v) is 8.54. The van der Waals surface area contributed by atoms with E-state index < -0.39 is 0 Å². The van der Waals surface area contributed by atoms with E-state index in [0.29, 0.717) is 16.6 Å². The predicted octanol–water partition coefficient (Wildman–Crippen LogP) is 5.24. The Balaban J connectivity index is 2.11. The molecule has 0 aliphatic carbocycles. The van der Waals surface area contributed by atoms with E-state index in [-0.39, 0.29) is 0 Å². The van der Waals surface area contributed by atoms with E-state index >= 15 is 0 Å². The summed E-state index contributed by atoms with van der Waals surface area (Å²) in [5.74, 6) is 1.01. The third-order valence-corrected chi connectivity index (χ3v) is 4.78. The van der Waals surface area contributed by atoms with Gasteiger partial charge >= 0.3 is 0 Å². The first kappa shape index (κ1) is 16.2. The molecule has 5 heteroatoms. The van der Waals surface area contributed by atoms with E-state index in [9.17, 15) is 0 Å². The Kier molecular flexibility index (Phi) is 4.79. The number of halogens is 2. The largest absolute Gasteiger partial charge is 0.355 e. The van der Waals surface area contributed by atoms with Crippen LogP contribution in [0.3, 0.4) is 0 Å². The topological polar surface area (TPSA) is 21.1 Å². The molecule has 0 spiro atoms. The van der Waals surface area contributed by atoms with Gasteiger partial charge in [-0.2, -0.15) is 5.10 Å². The van der Waals surface area contributed by atoms with Crippen molar-refractivity contribution in [3.63, 3.8) is 0 Å². The molecule has 3 aromatic rings. The minimum Gasteiger partial charge on any atom is -0.355 e. The Morgan fingerprint density at radius 3 is 2.26 bits per heavy atom. The molecular weight excluding hydrogens is 329 g/mol. The number of hydrogen-bond donors (Lipinski definition) is 0. The fourth-order valence-corrected chi connectivity index (χ4v) is 3.34. The number of aromatic nitrogens is 2. The van der Waals surface area contributed by atoms with Crippen LogP contribution in [0.15, 0.2) is 42.5 Å². The van der Waals surface area contributed by atoms with Crippen molar-refractivity contribution < 1.29 is 0 Å². The van der Waals surface area contributed by atoms with Crippen molar-refractivity contribution in [1.29, 1.82) is 0 Å². The average molecular weight is 348 g/mol. The zero-order valence-corrected chi connectivity index (χ0v) is 14.8. The van der Waals surface area contributed by atoms with E-state index in [1.54, 1.807) is 0 Å². The van der Waals surface area contributed by atoms with Gasteiger partial charge in [0, 0.05) is 34.1 Å². The smallest absolute Gasteiger partial charge is 0.158 e. The maximum absolute atomic E-state index is 6.32. The molecule has 0 aliphatic heterocycles. The zero-order valence-electron chi connectivity index (χ0n) is 13.3. The van der Waals surface area contributed by atoms with Gasteiger partial charge in [0.2, 0.25) is 0 Å². The summed E-state index contributed by atoms with van der Waals surface area (Å²) in [4.78, 5) is 2.26. The van der Waals surface area contributed by atoms with Crippen LogP contribution in [0.4, 0.5) is 5.82 Å². The molecule has 0 radical (unpaired) electrons. The second-order valence-electron chi connectivity index (χ2n) is 5.37. The minimum absolute atomic E-state index is 0.556. The monoisotopic (exact) mass is 347 g/mol. The highest BCUT2D eigenvalue weighted by molar-refractivity contribution is 6.36. The molecule has 0 aliphatic rings. The van der Waals surface area contributed by atoms with Gasteiger partial charge in [0.05, 0.1) is 12.1 Å².